The normalized spacial score (nSPS) is 41.6. The second-order valence-electron chi connectivity index (χ2n) is 11.9. The highest BCUT2D eigenvalue weighted by atomic mass is 32.1. The van der Waals surface area contributed by atoms with Crippen LogP contribution in [0.25, 0.3) is 0 Å². The summed E-state index contributed by atoms with van der Waals surface area (Å²) in [5.41, 5.74) is -3.85. The Morgan fingerprint density at radius 3 is 2.79 bits per heavy atom. The third-order valence-electron chi connectivity index (χ3n) is 10.2. The number of pyridine rings is 1. The second-order valence-corrected chi connectivity index (χ2v) is 12.7. The van der Waals surface area contributed by atoms with Gasteiger partial charge in [0.1, 0.15) is 11.3 Å². The van der Waals surface area contributed by atoms with Crippen molar-refractivity contribution in [3.05, 3.63) is 65.0 Å². The average molecular weight is 538 g/mol. The van der Waals surface area contributed by atoms with Crippen molar-refractivity contribution < 1.29 is 24.2 Å². The van der Waals surface area contributed by atoms with Crippen LogP contribution in [-0.2, 0) is 10.4 Å². The van der Waals surface area contributed by atoms with Crippen LogP contribution in [0.5, 0.6) is 0 Å². The van der Waals surface area contributed by atoms with Crippen LogP contribution in [0.4, 0.5) is 9.52 Å². The van der Waals surface area contributed by atoms with Crippen molar-refractivity contribution in [3.8, 4) is 0 Å². The lowest BCUT2D eigenvalue weighted by Crippen LogP contribution is -2.68. The predicted molar refractivity (Wildman–Crippen MR) is 141 cm³/mol. The minimum Gasteiger partial charge on any atom is -0.390 e. The van der Waals surface area contributed by atoms with E-state index in [1.54, 1.807) is 36.6 Å². The highest BCUT2D eigenvalue weighted by Gasteiger charge is 2.74. The number of rotatable bonds is 3. The summed E-state index contributed by atoms with van der Waals surface area (Å²) < 4.78 is 17.4. The van der Waals surface area contributed by atoms with Crippen molar-refractivity contribution in [1.29, 1.82) is 0 Å². The smallest absolute Gasteiger partial charge is 0.276 e. The molecule has 4 aliphatic carbocycles. The second kappa shape index (κ2) is 8.37. The molecule has 0 spiro atoms. The molecule has 2 aromatic rings. The van der Waals surface area contributed by atoms with Gasteiger partial charge in [0, 0.05) is 28.3 Å². The van der Waals surface area contributed by atoms with E-state index in [2.05, 4.69) is 15.3 Å². The molecule has 38 heavy (non-hydrogen) atoms. The molecule has 0 unspecified atom stereocenters. The van der Waals surface area contributed by atoms with E-state index in [1.165, 1.54) is 29.7 Å². The number of hydrogen-bond acceptors (Lipinski definition) is 7. The third-order valence-corrected chi connectivity index (χ3v) is 11.0. The van der Waals surface area contributed by atoms with Gasteiger partial charge in [0.05, 0.1) is 11.8 Å². The number of nitrogens with zero attached hydrogens (tertiary/aromatic N) is 2. The number of carbonyl (C=O) groups is 2. The molecular formula is C29H32FN3O4S. The van der Waals surface area contributed by atoms with E-state index in [9.17, 15) is 19.8 Å². The summed E-state index contributed by atoms with van der Waals surface area (Å²) in [6, 6.07) is 5.06. The number of ketones is 1. The fraction of sp³-hybridized carbons (Fsp3) is 0.517. The Bertz CT molecular complexity index is 1380. The summed E-state index contributed by atoms with van der Waals surface area (Å²) in [7, 11) is 0. The molecular weight excluding hydrogens is 505 g/mol. The quantitative estimate of drug-likeness (QED) is 0.528. The van der Waals surface area contributed by atoms with Gasteiger partial charge >= 0.3 is 0 Å². The molecule has 9 heteroatoms. The molecule has 0 saturated heterocycles. The lowest BCUT2D eigenvalue weighted by Gasteiger charge is -2.62. The first-order valence-electron chi connectivity index (χ1n) is 13.2. The van der Waals surface area contributed by atoms with Gasteiger partial charge in [-0.3, -0.25) is 19.9 Å². The van der Waals surface area contributed by atoms with Crippen LogP contribution in [-0.4, -0.2) is 43.6 Å². The van der Waals surface area contributed by atoms with Crippen molar-refractivity contribution in [2.75, 3.05) is 5.32 Å². The number of aliphatic hydroxyl groups excluding tert-OH is 1. The molecule has 8 atom stereocenters. The monoisotopic (exact) mass is 537 g/mol. The molecule has 3 saturated carbocycles. The van der Waals surface area contributed by atoms with Crippen LogP contribution in [0.3, 0.4) is 0 Å². The van der Waals surface area contributed by atoms with Crippen molar-refractivity contribution >= 4 is 28.2 Å². The van der Waals surface area contributed by atoms with Gasteiger partial charge in [-0.2, -0.15) is 0 Å². The van der Waals surface area contributed by atoms with Crippen molar-refractivity contribution in [2.24, 2.45) is 28.6 Å². The lowest BCUT2D eigenvalue weighted by atomic mass is 9.44. The number of halogens is 1. The van der Waals surface area contributed by atoms with E-state index in [0.29, 0.717) is 30.1 Å². The molecule has 0 aromatic carbocycles. The maximum atomic E-state index is 17.4. The van der Waals surface area contributed by atoms with Gasteiger partial charge in [-0.1, -0.05) is 31.6 Å². The lowest BCUT2D eigenvalue weighted by molar-refractivity contribution is -0.223. The zero-order valence-electron chi connectivity index (χ0n) is 21.6. The number of alkyl halides is 1. The van der Waals surface area contributed by atoms with Gasteiger partial charge in [-0.15, -0.1) is 11.3 Å². The summed E-state index contributed by atoms with van der Waals surface area (Å²) in [5, 5.41) is 28.8. The highest BCUT2D eigenvalue weighted by molar-refractivity contribution is 7.14. The molecule has 3 N–H and O–H groups in total. The van der Waals surface area contributed by atoms with Gasteiger partial charge in [0.2, 0.25) is 0 Å². The minimum atomic E-state index is -1.95. The SMILES string of the molecule is C[C@@H]1C[C@H]2[C@@H]3CCC4=CC(=O)C=C[C@]4(C)[C@@]3(F)[C@@H](O)C[C@]2(C)[C@@]1(O)c1csc(NC(=O)c2ccccn2)n1. The van der Waals surface area contributed by atoms with Crippen LogP contribution >= 0.6 is 11.3 Å². The van der Waals surface area contributed by atoms with Gasteiger partial charge in [-0.05, 0) is 68.7 Å². The Morgan fingerprint density at radius 1 is 1.26 bits per heavy atom. The topological polar surface area (TPSA) is 112 Å². The Morgan fingerprint density at radius 2 is 2.05 bits per heavy atom. The van der Waals surface area contributed by atoms with Crippen LogP contribution in [0, 0.1) is 28.6 Å². The number of fused-ring (bicyclic) bond motifs is 5. The maximum Gasteiger partial charge on any atom is 0.276 e. The summed E-state index contributed by atoms with van der Waals surface area (Å²) >= 11 is 1.22. The van der Waals surface area contributed by atoms with Crippen LogP contribution in [0.1, 0.15) is 62.6 Å². The number of aromatic nitrogens is 2. The Balaban J connectivity index is 1.34. The molecule has 2 heterocycles. The third kappa shape index (κ3) is 3.18. The summed E-state index contributed by atoms with van der Waals surface area (Å²) in [6.07, 6.45) is 6.51. The first kappa shape index (κ1) is 25.5. The molecule has 7 nitrogen and oxygen atoms in total. The van der Waals surface area contributed by atoms with E-state index in [1.807, 2.05) is 13.8 Å². The van der Waals surface area contributed by atoms with Gasteiger partial charge in [-0.25, -0.2) is 9.37 Å². The average Bonchev–Trinajstić information content (AvgIpc) is 3.43. The van der Waals surface area contributed by atoms with Crippen LogP contribution in [0.2, 0.25) is 0 Å². The number of anilines is 1. The zero-order chi connectivity index (χ0) is 27.1. The molecule has 0 radical (unpaired) electrons. The molecule has 6 rings (SSSR count). The molecule has 1 amide bonds. The van der Waals surface area contributed by atoms with Crippen LogP contribution < -0.4 is 5.32 Å². The van der Waals surface area contributed by atoms with E-state index in [0.717, 1.165) is 5.57 Å². The first-order chi connectivity index (χ1) is 17.9. The van der Waals surface area contributed by atoms with Gasteiger partial charge in [0.25, 0.3) is 5.91 Å². The number of nitrogens with one attached hydrogen (secondary N) is 1. The standard InChI is InChI=1S/C29H32FN3O4S/c1-16-12-20-19-8-7-17-13-18(34)9-10-26(17,2)28(19,30)23(35)14-27(20,3)29(16,37)22-15-38-25(32-22)33-24(36)21-6-4-5-11-31-21/h4-6,9-11,13,15-16,19-20,23,35,37H,7-8,12,14H2,1-3H3,(H,32,33,36)/t16-,19+,20+,23+,26+,27+,28+,29+/m1/s1. The fourth-order valence-electron chi connectivity index (χ4n) is 8.26. The van der Waals surface area contributed by atoms with E-state index in [-0.39, 0.29) is 29.7 Å². The number of thiazole rings is 1. The van der Waals surface area contributed by atoms with Crippen molar-refractivity contribution in [3.63, 3.8) is 0 Å². The summed E-state index contributed by atoms with van der Waals surface area (Å²) in [4.78, 5) is 33.4. The summed E-state index contributed by atoms with van der Waals surface area (Å²) in [5.74, 6) is -1.48. The number of allylic oxidation sites excluding steroid dienone is 4. The predicted octanol–water partition coefficient (Wildman–Crippen LogP) is 4.59. The van der Waals surface area contributed by atoms with Crippen molar-refractivity contribution in [2.45, 2.75) is 63.8 Å². The molecule has 3 fully saturated rings. The first-order valence-corrected chi connectivity index (χ1v) is 14.0. The Labute approximate surface area is 224 Å². The van der Waals surface area contributed by atoms with Gasteiger partial charge in [0.15, 0.2) is 16.6 Å². The minimum absolute atomic E-state index is 0.0588. The Kier molecular flexibility index (Phi) is 5.62. The van der Waals surface area contributed by atoms with E-state index >= 15 is 4.39 Å². The van der Waals surface area contributed by atoms with E-state index < -0.39 is 40.0 Å². The summed E-state index contributed by atoms with van der Waals surface area (Å²) in [6.45, 7) is 5.70. The molecule has 200 valence electrons. The van der Waals surface area contributed by atoms with Gasteiger partial charge < -0.3 is 10.2 Å². The molecule has 0 bridgehead atoms. The largest absolute Gasteiger partial charge is 0.390 e. The number of amides is 1. The van der Waals surface area contributed by atoms with E-state index in [4.69, 9.17) is 0 Å². The van der Waals surface area contributed by atoms with Crippen LogP contribution in [0.15, 0.2) is 53.6 Å². The fourth-order valence-corrected chi connectivity index (χ4v) is 9.01. The Hall–Kier alpha value is -2.75. The molecule has 4 aliphatic rings. The number of carbonyl (C=O) groups excluding carboxylic acids is 2. The zero-order valence-corrected chi connectivity index (χ0v) is 22.5. The van der Waals surface area contributed by atoms with Crippen molar-refractivity contribution in [1.82, 2.24) is 9.97 Å². The molecule has 0 aliphatic heterocycles. The number of aliphatic hydroxyl groups is 2. The number of hydrogen-bond donors (Lipinski definition) is 3. The molecule has 2 aromatic heterocycles. The maximum absolute atomic E-state index is 17.4. The highest BCUT2D eigenvalue weighted by Crippen LogP contribution is 2.72.